The van der Waals surface area contributed by atoms with Gasteiger partial charge in [-0.3, -0.25) is 4.99 Å². The van der Waals surface area contributed by atoms with Gasteiger partial charge in [-0.15, -0.1) is 0 Å². The summed E-state index contributed by atoms with van der Waals surface area (Å²) in [5.41, 5.74) is 10.1. The van der Waals surface area contributed by atoms with Crippen LogP contribution in [0, 0.1) is 5.92 Å². The van der Waals surface area contributed by atoms with Crippen LogP contribution in [0.15, 0.2) is 216 Å². The molecule has 10 aromatic carbocycles. The third-order valence-electron chi connectivity index (χ3n) is 13.2. The lowest BCUT2D eigenvalue weighted by molar-refractivity contribution is 0.459. The van der Waals surface area contributed by atoms with Gasteiger partial charge in [0.15, 0.2) is 5.84 Å². The zero-order valence-electron chi connectivity index (χ0n) is 35.8. The molecule has 0 N–H and O–H groups in total. The molecular weight excluding hydrogens is 763 g/mol. The second-order valence-corrected chi connectivity index (χ2v) is 16.9. The largest absolute Gasteiger partial charge is 0.309 e. The summed E-state index contributed by atoms with van der Waals surface area (Å²) in [4.78, 5) is 11.2. The Hall–Kier alpha value is -7.62. The lowest BCUT2D eigenvalue weighted by atomic mass is 9.89. The first kappa shape index (κ1) is 38.3. The maximum Gasteiger partial charge on any atom is 0.156 e. The summed E-state index contributed by atoms with van der Waals surface area (Å²) in [5.74, 6) is 1.05. The number of hydrogen-bond acceptors (Lipinski definition) is 1. The van der Waals surface area contributed by atoms with Gasteiger partial charge < -0.3 is 4.57 Å². The Kier molecular flexibility index (Phi) is 9.74. The molecule has 302 valence electrons. The minimum Gasteiger partial charge on any atom is -0.309 e. The van der Waals surface area contributed by atoms with Crippen molar-refractivity contribution in [1.29, 1.82) is 0 Å². The fourth-order valence-corrected chi connectivity index (χ4v) is 9.71. The first-order chi connectivity index (χ1) is 31.0. The summed E-state index contributed by atoms with van der Waals surface area (Å²) >= 11 is 0. The summed E-state index contributed by atoms with van der Waals surface area (Å²) in [5, 5.41) is 12.2. The first-order valence-corrected chi connectivity index (χ1v) is 22.2. The van der Waals surface area contributed by atoms with Gasteiger partial charge in [-0.2, -0.15) is 0 Å². The summed E-state index contributed by atoms with van der Waals surface area (Å²) in [6.45, 7) is 6.67. The summed E-state index contributed by atoms with van der Waals surface area (Å²) in [6.07, 6.45) is 0.994. The number of amidine groups is 1. The van der Waals surface area contributed by atoms with Crippen LogP contribution in [-0.2, 0) is 0 Å². The van der Waals surface area contributed by atoms with E-state index >= 15 is 0 Å². The lowest BCUT2D eigenvalue weighted by Gasteiger charge is -2.22. The van der Waals surface area contributed by atoms with Gasteiger partial charge in [0, 0.05) is 33.1 Å². The van der Waals surface area contributed by atoms with E-state index < -0.39 is 0 Å². The zero-order valence-corrected chi connectivity index (χ0v) is 35.8. The third kappa shape index (κ3) is 6.78. The number of aliphatic imine (C=N–C) groups is 2. The van der Waals surface area contributed by atoms with Crippen molar-refractivity contribution in [2.45, 2.75) is 33.2 Å². The quantitative estimate of drug-likeness (QED) is 0.0831. The average molecular weight is 810 g/mol. The minimum absolute atomic E-state index is 0.0721. The Bertz CT molecular complexity index is 3580. The Morgan fingerprint density at radius 3 is 1.87 bits per heavy atom. The van der Waals surface area contributed by atoms with Gasteiger partial charge in [-0.25, -0.2) is 4.99 Å². The average Bonchev–Trinajstić information content (AvgIpc) is 3.68. The number of para-hydroxylation sites is 1. The van der Waals surface area contributed by atoms with Crippen molar-refractivity contribution >= 4 is 76.4 Å². The molecular formula is C60H47N3. The van der Waals surface area contributed by atoms with Gasteiger partial charge in [0.25, 0.3) is 0 Å². The Balaban J connectivity index is 1.17. The van der Waals surface area contributed by atoms with E-state index in [4.69, 9.17) is 9.98 Å². The molecule has 63 heavy (non-hydrogen) atoms. The summed E-state index contributed by atoms with van der Waals surface area (Å²) in [6, 6.07) is 74.9. The van der Waals surface area contributed by atoms with Crippen LogP contribution in [-0.4, -0.2) is 16.1 Å². The van der Waals surface area contributed by atoms with Crippen molar-refractivity contribution in [1.82, 2.24) is 4.57 Å². The Morgan fingerprint density at radius 1 is 0.492 bits per heavy atom. The van der Waals surface area contributed by atoms with Crippen LogP contribution in [0.4, 0.5) is 0 Å². The van der Waals surface area contributed by atoms with Crippen molar-refractivity contribution in [2.75, 3.05) is 0 Å². The normalized spacial score (nSPS) is 13.4. The molecule has 0 spiro atoms. The van der Waals surface area contributed by atoms with Crippen molar-refractivity contribution in [3.8, 4) is 16.8 Å². The van der Waals surface area contributed by atoms with Gasteiger partial charge in [0.1, 0.15) is 0 Å². The number of nitrogens with zero attached hydrogens (tertiary/aromatic N) is 3. The van der Waals surface area contributed by atoms with Gasteiger partial charge in [0.2, 0.25) is 0 Å². The maximum atomic E-state index is 5.71. The van der Waals surface area contributed by atoms with E-state index in [1.54, 1.807) is 0 Å². The van der Waals surface area contributed by atoms with Crippen LogP contribution in [0.1, 0.15) is 49.9 Å². The monoisotopic (exact) mass is 809 g/mol. The first-order valence-electron chi connectivity index (χ1n) is 22.2. The number of fused-ring (bicyclic) bond motifs is 10. The standard InChI is InChI=1S/C60H47N3/c1-4-39(2)59(43-21-9-6-10-22-43)62-60(61-40(3)41-18-7-5-8-19-41)54-28-17-27-53-49-25-14-13-24-48(49)50-34-31-45(37-55(50)58(53)54)46-32-35-52-51-26-15-16-29-56(51)63(57(52)38-46)47-33-30-42-20-11-12-23-44(42)36-47/h5-39,59H,4H2,1-3H3/b61-40+,62-60-. The van der Waals surface area contributed by atoms with Crippen LogP contribution >= 0.6 is 0 Å². The fraction of sp³-hybridized carbons (Fsp3) is 0.100. The fourth-order valence-electron chi connectivity index (χ4n) is 9.71. The molecule has 2 unspecified atom stereocenters. The predicted octanol–water partition coefficient (Wildman–Crippen LogP) is 16.1. The Morgan fingerprint density at radius 2 is 1.10 bits per heavy atom. The highest BCUT2D eigenvalue weighted by molar-refractivity contribution is 6.31. The summed E-state index contributed by atoms with van der Waals surface area (Å²) in [7, 11) is 0. The van der Waals surface area contributed by atoms with Crippen molar-refractivity contribution in [2.24, 2.45) is 15.9 Å². The molecule has 0 radical (unpaired) electrons. The van der Waals surface area contributed by atoms with Crippen molar-refractivity contribution in [3.63, 3.8) is 0 Å². The van der Waals surface area contributed by atoms with E-state index in [0.717, 1.165) is 40.3 Å². The molecule has 0 saturated heterocycles. The van der Waals surface area contributed by atoms with E-state index in [9.17, 15) is 0 Å². The van der Waals surface area contributed by atoms with Gasteiger partial charge >= 0.3 is 0 Å². The number of benzene rings is 10. The Labute approximate surface area is 368 Å². The van der Waals surface area contributed by atoms with Crippen molar-refractivity contribution in [3.05, 3.63) is 223 Å². The van der Waals surface area contributed by atoms with Crippen LogP contribution < -0.4 is 0 Å². The predicted molar refractivity (Wildman–Crippen MR) is 270 cm³/mol. The minimum atomic E-state index is -0.0721. The van der Waals surface area contributed by atoms with Crippen LogP contribution in [0.2, 0.25) is 0 Å². The van der Waals surface area contributed by atoms with E-state index in [-0.39, 0.29) is 6.04 Å². The van der Waals surface area contributed by atoms with E-state index in [0.29, 0.717) is 5.92 Å². The molecule has 3 nitrogen and oxygen atoms in total. The molecule has 0 fully saturated rings. The number of hydrogen-bond donors (Lipinski definition) is 0. The van der Waals surface area contributed by atoms with E-state index in [2.05, 4.69) is 232 Å². The molecule has 11 aromatic rings. The third-order valence-corrected chi connectivity index (χ3v) is 13.2. The molecule has 0 aliphatic carbocycles. The highest BCUT2D eigenvalue weighted by Crippen LogP contribution is 2.41. The van der Waals surface area contributed by atoms with Crippen molar-refractivity contribution < 1.29 is 0 Å². The molecule has 11 rings (SSSR count). The SMILES string of the molecule is CCC(C)C(/N=C(\N=C(/C)c1ccccc1)c1cccc2c3ccccc3c3ccc(-c4ccc5c6ccccc6n(-c6ccc7ccccc7c6)c5c4)cc3c12)c1ccccc1. The molecule has 3 heteroatoms. The maximum absolute atomic E-state index is 5.71. The zero-order chi connectivity index (χ0) is 42.4. The molecule has 0 amide bonds. The van der Waals surface area contributed by atoms with Crippen LogP contribution in [0.3, 0.4) is 0 Å². The molecule has 1 heterocycles. The molecule has 0 aliphatic heterocycles. The highest BCUT2D eigenvalue weighted by atomic mass is 15.0. The molecule has 0 aliphatic rings. The second-order valence-electron chi connectivity index (χ2n) is 16.9. The summed E-state index contributed by atoms with van der Waals surface area (Å²) < 4.78 is 2.43. The van der Waals surface area contributed by atoms with E-state index in [1.165, 1.54) is 76.0 Å². The van der Waals surface area contributed by atoms with Gasteiger partial charge in [-0.05, 0) is 103 Å². The molecule has 0 saturated carbocycles. The topological polar surface area (TPSA) is 29.6 Å². The second kappa shape index (κ2) is 16.0. The smallest absolute Gasteiger partial charge is 0.156 e. The van der Waals surface area contributed by atoms with Crippen LogP contribution in [0.25, 0.3) is 81.7 Å². The highest BCUT2D eigenvalue weighted by Gasteiger charge is 2.22. The number of rotatable bonds is 8. The molecule has 2 atom stereocenters. The molecule has 0 bridgehead atoms. The molecule has 1 aromatic heterocycles. The number of aromatic nitrogens is 1. The van der Waals surface area contributed by atoms with Gasteiger partial charge in [0.05, 0.1) is 17.1 Å². The van der Waals surface area contributed by atoms with E-state index in [1.807, 2.05) is 0 Å². The van der Waals surface area contributed by atoms with Gasteiger partial charge in [-0.1, -0.05) is 196 Å². The van der Waals surface area contributed by atoms with Crippen LogP contribution in [0.5, 0.6) is 0 Å². The lowest BCUT2D eigenvalue weighted by Crippen LogP contribution is -2.12.